The maximum absolute atomic E-state index is 14.3. The van der Waals surface area contributed by atoms with Gasteiger partial charge in [0.15, 0.2) is 0 Å². The number of fused-ring (bicyclic) bond motifs is 2. The van der Waals surface area contributed by atoms with E-state index in [1.54, 1.807) is 6.07 Å². The van der Waals surface area contributed by atoms with Crippen molar-refractivity contribution in [2.75, 3.05) is 11.1 Å². The molecule has 0 bridgehead atoms. The number of aryl methyl sites for hydroxylation is 1. The average molecular weight is 295 g/mol. The highest BCUT2D eigenvalue weighted by Crippen LogP contribution is 2.43. The number of hydrogen-bond donors (Lipinski definition) is 3. The van der Waals surface area contributed by atoms with Gasteiger partial charge in [-0.25, -0.2) is 4.39 Å². The van der Waals surface area contributed by atoms with E-state index in [0.717, 1.165) is 35.2 Å². The molecule has 1 aliphatic carbocycles. The second-order valence-corrected chi connectivity index (χ2v) is 6.14. The Hall–Kier alpha value is -2.33. The highest BCUT2D eigenvalue weighted by atomic mass is 19.1. The second kappa shape index (κ2) is 4.58. The highest BCUT2D eigenvalue weighted by Gasteiger charge is 2.41. The quantitative estimate of drug-likeness (QED) is 0.708. The van der Waals surface area contributed by atoms with E-state index in [0.29, 0.717) is 5.69 Å². The molecule has 112 valence electrons. The number of hydrogen-bond acceptors (Lipinski definition) is 3. The van der Waals surface area contributed by atoms with E-state index in [4.69, 9.17) is 11.5 Å². The highest BCUT2D eigenvalue weighted by molar-refractivity contribution is 5.75. The van der Waals surface area contributed by atoms with Crippen LogP contribution in [-0.4, -0.2) is 5.66 Å². The molecule has 4 heteroatoms. The van der Waals surface area contributed by atoms with Crippen LogP contribution in [-0.2, 0) is 6.42 Å². The van der Waals surface area contributed by atoms with Crippen molar-refractivity contribution in [3.63, 3.8) is 0 Å². The average Bonchev–Trinajstić information content (AvgIpc) is 2.94. The van der Waals surface area contributed by atoms with Crippen molar-refractivity contribution in [1.82, 2.24) is 0 Å². The lowest BCUT2D eigenvalue weighted by atomic mass is 9.84. The first-order chi connectivity index (χ1) is 10.6. The van der Waals surface area contributed by atoms with Crippen LogP contribution in [0.4, 0.5) is 15.8 Å². The summed E-state index contributed by atoms with van der Waals surface area (Å²) in [5.41, 5.74) is 16.1. The summed E-state index contributed by atoms with van der Waals surface area (Å²) in [7, 11) is 0. The molecule has 0 spiro atoms. The minimum Gasteiger partial charge on any atom is -0.399 e. The van der Waals surface area contributed by atoms with Gasteiger partial charge in [0.25, 0.3) is 0 Å². The first-order valence-corrected chi connectivity index (χ1v) is 7.50. The summed E-state index contributed by atoms with van der Waals surface area (Å²) >= 11 is 0. The van der Waals surface area contributed by atoms with Crippen LogP contribution < -0.4 is 16.8 Å². The van der Waals surface area contributed by atoms with Gasteiger partial charge in [-0.05, 0) is 59.9 Å². The Labute approximate surface area is 128 Å². The Bertz CT molecular complexity index is 784. The van der Waals surface area contributed by atoms with Gasteiger partial charge in [-0.3, -0.25) is 0 Å². The summed E-state index contributed by atoms with van der Waals surface area (Å²) in [4.78, 5) is 0. The van der Waals surface area contributed by atoms with Crippen molar-refractivity contribution in [2.24, 2.45) is 5.73 Å². The first kappa shape index (κ1) is 13.3. The van der Waals surface area contributed by atoms with Crippen molar-refractivity contribution in [3.05, 3.63) is 65.0 Å². The van der Waals surface area contributed by atoms with Crippen molar-refractivity contribution in [3.8, 4) is 0 Å². The van der Waals surface area contributed by atoms with Crippen molar-refractivity contribution < 1.29 is 4.39 Å². The van der Waals surface area contributed by atoms with Gasteiger partial charge in [-0.1, -0.05) is 18.2 Å². The van der Waals surface area contributed by atoms with Crippen LogP contribution in [0.25, 0.3) is 6.08 Å². The molecule has 0 fully saturated rings. The van der Waals surface area contributed by atoms with Crippen LogP contribution in [0.2, 0.25) is 0 Å². The third kappa shape index (κ3) is 1.91. The van der Waals surface area contributed by atoms with Crippen LogP contribution in [0.15, 0.2) is 42.5 Å². The van der Waals surface area contributed by atoms with E-state index in [1.807, 2.05) is 36.4 Å². The summed E-state index contributed by atoms with van der Waals surface area (Å²) in [5.74, 6) is -0.242. The van der Waals surface area contributed by atoms with Gasteiger partial charge >= 0.3 is 0 Å². The summed E-state index contributed by atoms with van der Waals surface area (Å²) in [6.45, 7) is 0. The smallest absolute Gasteiger partial charge is 0.127 e. The molecular weight excluding hydrogens is 277 g/mol. The Kier molecular flexibility index (Phi) is 2.78. The van der Waals surface area contributed by atoms with Gasteiger partial charge in [0.05, 0.1) is 0 Å². The van der Waals surface area contributed by atoms with Gasteiger partial charge in [0.1, 0.15) is 11.5 Å². The molecule has 22 heavy (non-hydrogen) atoms. The molecule has 2 aromatic carbocycles. The molecule has 0 radical (unpaired) electrons. The molecule has 1 heterocycles. The zero-order chi connectivity index (χ0) is 15.3. The normalized spacial score (nSPS) is 25.5. The largest absolute Gasteiger partial charge is 0.399 e. The Morgan fingerprint density at radius 3 is 2.95 bits per heavy atom. The van der Waals surface area contributed by atoms with Crippen LogP contribution in [0.3, 0.4) is 0 Å². The number of nitrogen functional groups attached to an aromatic ring is 1. The van der Waals surface area contributed by atoms with E-state index in [-0.39, 0.29) is 11.7 Å². The van der Waals surface area contributed by atoms with E-state index in [1.165, 1.54) is 6.07 Å². The molecule has 0 saturated heterocycles. The van der Waals surface area contributed by atoms with Crippen molar-refractivity contribution in [2.45, 2.75) is 24.4 Å². The fraction of sp³-hybridized carbons (Fsp3) is 0.222. The zero-order valence-electron chi connectivity index (χ0n) is 12.1. The first-order valence-electron chi connectivity index (χ1n) is 7.50. The van der Waals surface area contributed by atoms with Gasteiger partial charge < -0.3 is 16.8 Å². The van der Waals surface area contributed by atoms with E-state index >= 15 is 0 Å². The third-order valence-electron chi connectivity index (χ3n) is 4.74. The lowest BCUT2D eigenvalue weighted by molar-refractivity contribution is 0.452. The lowest BCUT2D eigenvalue weighted by Crippen LogP contribution is -2.51. The summed E-state index contributed by atoms with van der Waals surface area (Å²) in [6.07, 6.45) is 5.61. The maximum atomic E-state index is 14.3. The summed E-state index contributed by atoms with van der Waals surface area (Å²) in [5, 5.41) is 3.38. The lowest BCUT2D eigenvalue weighted by Gasteiger charge is -2.38. The number of anilines is 2. The van der Waals surface area contributed by atoms with Crippen molar-refractivity contribution >= 4 is 17.5 Å². The number of benzene rings is 2. The monoisotopic (exact) mass is 295 g/mol. The summed E-state index contributed by atoms with van der Waals surface area (Å²) in [6, 6.07) is 10.9. The number of rotatable bonds is 1. The van der Waals surface area contributed by atoms with Gasteiger partial charge in [-0.2, -0.15) is 0 Å². The molecule has 2 unspecified atom stereocenters. The Morgan fingerprint density at radius 1 is 1.23 bits per heavy atom. The van der Waals surface area contributed by atoms with Crippen LogP contribution in [0.1, 0.15) is 29.0 Å². The summed E-state index contributed by atoms with van der Waals surface area (Å²) < 4.78 is 14.3. The fourth-order valence-corrected chi connectivity index (χ4v) is 3.65. The zero-order valence-corrected chi connectivity index (χ0v) is 12.1. The number of halogens is 1. The molecule has 0 aromatic heterocycles. The SMILES string of the molecule is Nc1ccc2c(c1)C=CC(N)(C1CCc3cccc(F)c31)N2. The van der Waals surface area contributed by atoms with Crippen LogP contribution >= 0.6 is 0 Å². The van der Waals surface area contributed by atoms with E-state index in [9.17, 15) is 4.39 Å². The minimum absolute atomic E-state index is 0.0781. The Balaban J connectivity index is 1.76. The minimum atomic E-state index is -0.781. The maximum Gasteiger partial charge on any atom is 0.127 e. The van der Waals surface area contributed by atoms with Gasteiger partial charge in [0, 0.05) is 17.3 Å². The molecule has 2 aliphatic rings. The molecule has 5 N–H and O–H groups in total. The molecule has 0 saturated carbocycles. The van der Waals surface area contributed by atoms with Crippen molar-refractivity contribution in [1.29, 1.82) is 0 Å². The fourth-order valence-electron chi connectivity index (χ4n) is 3.65. The molecule has 2 atom stereocenters. The van der Waals surface area contributed by atoms with Gasteiger partial charge in [0.2, 0.25) is 0 Å². The third-order valence-corrected chi connectivity index (χ3v) is 4.74. The predicted octanol–water partition coefficient (Wildman–Crippen LogP) is 3.23. The number of nitrogens with one attached hydrogen (secondary N) is 1. The molecule has 2 aromatic rings. The molecule has 1 aliphatic heterocycles. The molecule has 0 amide bonds. The topological polar surface area (TPSA) is 64.1 Å². The second-order valence-electron chi connectivity index (χ2n) is 6.14. The molecule has 4 rings (SSSR count). The van der Waals surface area contributed by atoms with E-state index < -0.39 is 5.66 Å². The molecular formula is C18H18FN3. The molecule has 3 nitrogen and oxygen atoms in total. The Morgan fingerprint density at radius 2 is 2.09 bits per heavy atom. The number of nitrogens with two attached hydrogens (primary N) is 2. The van der Waals surface area contributed by atoms with Crippen LogP contribution in [0, 0.1) is 5.82 Å². The van der Waals surface area contributed by atoms with Crippen LogP contribution in [0.5, 0.6) is 0 Å². The standard InChI is InChI=1S/C18H18FN3/c19-15-3-1-2-11-4-6-14(17(11)15)18(21)9-8-12-10-13(20)5-7-16(12)22-18/h1-3,5,7-10,14,22H,4,6,20-21H2. The van der Waals surface area contributed by atoms with E-state index in [2.05, 4.69) is 5.32 Å². The van der Waals surface area contributed by atoms with Gasteiger partial charge in [-0.15, -0.1) is 0 Å². The predicted molar refractivity (Wildman–Crippen MR) is 87.9 cm³/mol.